The lowest BCUT2D eigenvalue weighted by Crippen LogP contribution is -2.48. The number of amides is 1. The van der Waals surface area contributed by atoms with E-state index in [1.165, 1.54) is 0 Å². The molecule has 3 rings (SSSR count). The van der Waals surface area contributed by atoms with Gasteiger partial charge >= 0.3 is 0 Å². The van der Waals surface area contributed by atoms with Gasteiger partial charge in [-0.1, -0.05) is 13.0 Å². The molecule has 0 unspecified atom stereocenters. The van der Waals surface area contributed by atoms with E-state index < -0.39 is 0 Å². The lowest BCUT2D eigenvalue weighted by molar-refractivity contribution is -0.0978. The molecular weight excluding hydrogens is 240 g/mol. The number of anilines is 1. The van der Waals surface area contributed by atoms with Crippen LogP contribution in [0.2, 0.25) is 0 Å². The van der Waals surface area contributed by atoms with Crippen LogP contribution in [0, 0.1) is 5.41 Å². The Morgan fingerprint density at radius 1 is 1.47 bits per heavy atom. The van der Waals surface area contributed by atoms with Crippen molar-refractivity contribution in [1.82, 2.24) is 5.32 Å². The molecule has 1 aromatic rings. The Hall–Kier alpha value is -1.55. The summed E-state index contributed by atoms with van der Waals surface area (Å²) in [7, 11) is 0. The minimum absolute atomic E-state index is 0.0358. The summed E-state index contributed by atoms with van der Waals surface area (Å²) in [4.78, 5) is 12.3. The smallest absolute Gasteiger partial charge is 0.251 e. The van der Waals surface area contributed by atoms with Crippen molar-refractivity contribution >= 4 is 11.6 Å². The quantitative estimate of drug-likeness (QED) is 0.871. The number of carbonyl (C=O) groups excluding carboxylic acids is 1. The molecule has 0 saturated carbocycles. The molecule has 2 aliphatic rings. The summed E-state index contributed by atoms with van der Waals surface area (Å²) in [6.07, 6.45) is 2.06. The number of ether oxygens (including phenoxy) is 1. The van der Waals surface area contributed by atoms with E-state index in [9.17, 15) is 4.79 Å². The molecule has 0 atom stereocenters. The van der Waals surface area contributed by atoms with E-state index in [1.54, 1.807) is 0 Å². The van der Waals surface area contributed by atoms with Crippen LogP contribution in [-0.2, 0) is 11.2 Å². The predicted octanol–water partition coefficient (Wildman–Crippen LogP) is 1.81. The van der Waals surface area contributed by atoms with E-state index in [1.807, 2.05) is 18.2 Å². The average molecular weight is 260 g/mol. The highest BCUT2D eigenvalue weighted by molar-refractivity contribution is 5.97. The Balaban J connectivity index is 1.72. The van der Waals surface area contributed by atoms with Gasteiger partial charge in [-0.3, -0.25) is 4.79 Å². The first kappa shape index (κ1) is 12.5. The van der Waals surface area contributed by atoms with Gasteiger partial charge in [0.1, 0.15) is 0 Å². The highest BCUT2D eigenvalue weighted by Gasteiger charge is 2.33. The molecule has 2 N–H and O–H groups in total. The molecule has 0 aliphatic carbocycles. The second-order valence-electron chi connectivity index (χ2n) is 5.85. The highest BCUT2D eigenvalue weighted by atomic mass is 16.5. The monoisotopic (exact) mass is 260 g/mol. The third kappa shape index (κ3) is 2.45. The van der Waals surface area contributed by atoms with Gasteiger partial charge in [-0.05, 0) is 30.5 Å². The van der Waals surface area contributed by atoms with Crippen molar-refractivity contribution in [3.8, 4) is 0 Å². The second-order valence-corrected chi connectivity index (χ2v) is 5.85. The van der Waals surface area contributed by atoms with Gasteiger partial charge in [0.15, 0.2) is 0 Å². The summed E-state index contributed by atoms with van der Waals surface area (Å²) in [5, 5.41) is 6.40. The van der Waals surface area contributed by atoms with E-state index >= 15 is 0 Å². The van der Waals surface area contributed by atoms with Crippen molar-refractivity contribution < 1.29 is 9.53 Å². The zero-order chi connectivity index (χ0) is 13.3. The lowest BCUT2D eigenvalue weighted by atomic mass is 9.88. The first-order valence-corrected chi connectivity index (χ1v) is 6.90. The molecule has 2 heterocycles. The van der Waals surface area contributed by atoms with Crippen LogP contribution in [0.15, 0.2) is 18.2 Å². The molecule has 0 aromatic heterocycles. The molecule has 0 bridgehead atoms. The Labute approximate surface area is 113 Å². The summed E-state index contributed by atoms with van der Waals surface area (Å²) in [6, 6.07) is 5.91. The van der Waals surface area contributed by atoms with Crippen LogP contribution < -0.4 is 10.6 Å². The standard InChI is InChI=1S/C15H20N2O2/c1-15(9-19-10-15)8-17-14(18)12-4-2-6-13-11(12)5-3-7-16-13/h2,4,6,16H,3,5,7-10H2,1H3,(H,17,18). The van der Waals surface area contributed by atoms with Gasteiger partial charge in [0.2, 0.25) is 0 Å². The van der Waals surface area contributed by atoms with Crippen LogP contribution in [0.4, 0.5) is 5.69 Å². The Kier molecular flexibility index (Phi) is 3.19. The third-order valence-electron chi connectivity index (χ3n) is 3.92. The van der Waals surface area contributed by atoms with Crippen molar-refractivity contribution in [1.29, 1.82) is 0 Å². The van der Waals surface area contributed by atoms with Crippen LogP contribution in [0.3, 0.4) is 0 Å². The number of rotatable bonds is 3. The molecule has 1 aromatic carbocycles. The minimum Gasteiger partial charge on any atom is -0.385 e. The molecule has 19 heavy (non-hydrogen) atoms. The van der Waals surface area contributed by atoms with Crippen molar-refractivity contribution in [2.45, 2.75) is 19.8 Å². The molecule has 1 saturated heterocycles. The molecule has 4 nitrogen and oxygen atoms in total. The van der Waals surface area contributed by atoms with E-state index in [0.717, 1.165) is 49.4 Å². The first-order chi connectivity index (χ1) is 9.18. The fourth-order valence-electron chi connectivity index (χ4n) is 2.66. The molecular formula is C15H20N2O2. The third-order valence-corrected chi connectivity index (χ3v) is 3.92. The number of hydrogen-bond donors (Lipinski definition) is 2. The summed E-state index contributed by atoms with van der Waals surface area (Å²) in [5.41, 5.74) is 3.19. The highest BCUT2D eigenvalue weighted by Crippen LogP contribution is 2.27. The van der Waals surface area contributed by atoms with Gasteiger partial charge < -0.3 is 15.4 Å². The van der Waals surface area contributed by atoms with Gasteiger partial charge in [-0.2, -0.15) is 0 Å². The van der Waals surface area contributed by atoms with Crippen molar-refractivity contribution in [2.75, 3.05) is 31.6 Å². The maximum absolute atomic E-state index is 12.3. The van der Waals surface area contributed by atoms with Crippen LogP contribution in [-0.4, -0.2) is 32.2 Å². The van der Waals surface area contributed by atoms with Crippen molar-refractivity contribution in [2.24, 2.45) is 5.41 Å². The molecule has 102 valence electrons. The maximum atomic E-state index is 12.3. The van der Waals surface area contributed by atoms with Crippen LogP contribution in [0.5, 0.6) is 0 Å². The largest absolute Gasteiger partial charge is 0.385 e. The Morgan fingerprint density at radius 2 is 2.32 bits per heavy atom. The summed E-state index contributed by atoms with van der Waals surface area (Å²) in [6.45, 7) is 5.29. The van der Waals surface area contributed by atoms with Crippen LogP contribution >= 0.6 is 0 Å². The zero-order valence-electron chi connectivity index (χ0n) is 11.3. The zero-order valence-corrected chi connectivity index (χ0v) is 11.3. The molecule has 0 spiro atoms. The van der Waals surface area contributed by atoms with E-state index in [4.69, 9.17) is 4.74 Å². The van der Waals surface area contributed by atoms with Crippen molar-refractivity contribution in [3.05, 3.63) is 29.3 Å². The SMILES string of the molecule is CC1(CNC(=O)c2cccc3c2CCCN3)COC1. The Bertz CT molecular complexity index is 495. The van der Waals surface area contributed by atoms with Crippen LogP contribution in [0.25, 0.3) is 0 Å². The van der Waals surface area contributed by atoms with Gasteiger partial charge in [0.05, 0.1) is 13.2 Å². The van der Waals surface area contributed by atoms with E-state index in [-0.39, 0.29) is 11.3 Å². The fraction of sp³-hybridized carbons (Fsp3) is 0.533. The molecule has 1 amide bonds. The van der Waals surface area contributed by atoms with Gasteiger partial charge in [0.25, 0.3) is 5.91 Å². The predicted molar refractivity (Wildman–Crippen MR) is 74.5 cm³/mol. The summed E-state index contributed by atoms with van der Waals surface area (Å²) < 4.78 is 5.21. The number of carbonyl (C=O) groups is 1. The fourth-order valence-corrected chi connectivity index (χ4v) is 2.66. The van der Waals surface area contributed by atoms with Crippen LogP contribution in [0.1, 0.15) is 29.3 Å². The maximum Gasteiger partial charge on any atom is 0.251 e. The number of fused-ring (bicyclic) bond motifs is 1. The average Bonchev–Trinajstić information content (AvgIpc) is 2.42. The number of nitrogens with one attached hydrogen (secondary N) is 2. The van der Waals surface area contributed by atoms with Gasteiger partial charge in [-0.25, -0.2) is 0 Å². The normalized spacial score (nSPS) is 19.8. The number of benzene rings is 1. The first-order valence-electron chi connectivity index (χ1n) is 6.90. The molecule has 1 fully saturated rings. The summed E-state index contributed by atoms with van der Waals surface area (Å²) in [5.74, 6) is 0.0358. The second kappa shape index (κ2) is 4.85. The van der Waals surface area contributed by atoms with E-state index in [0.29, 0.717) is 6.54 Å². The molecule has 2 aliphatic heterocycles. The topological polar surface area (TPSA) is 50.4 Å². The van der Waals surface area contributed by atoms with Gasteiger partial charge in [-0.15, -0.1) is 0 Å². The summed E-state index contributed by atoms with van der Waals surface area (Å²) >= 11 is 0. The minimum atomic E-state index is 0.0358. The lowest BCUT2D eigenvalue weighted by Gasteiger charge is -2.38. The van der Waals surface area contributed by atoms with E-state index in [2.05, 4.69) is 17.6 Å². The Morgan fingerprint density at radius 3 is 3.05 bits per heavy atom. The molecule has 0 radical (unpaired) electrons. The van der Waals surface area contributed by atoms with Crippen molar-refractivity contribution in [3.63, 3.8) is 0 Å². The van der Waals surface area contributed by atoms with Gasteiger partial charge in [0, 0.05) is 29.8 Å². The molecule has 4 heteroatoms. The number of hydrogen-bond acceptors (Lipinski definition) is 3.